The van der Waals surface area contributed by atoms with E-state index in [0.29, 0.717) is 13.0 Å². The van der Waals surface area contributed by atoms with Gasteiger partial charge in [-0.15, -0.1) is 0 Å². The van der Waals surface area contributed by atoms with E-state index in [1.54, 1.807) is 0 Å². The first-order valence-electron chi connectivity index (χ1n) is 4.84. The quantitative estimate of drug-likeness (QED) is 0.665. The third kappa shape index (κ3) is 9.34. The van der Waals surface area contributed by atoms with Crippen LogP contribution < -0.4 is 5.32 Å². The molecule has 0 aromatic rings. The van der Waals surface area contributed by atoms with Crippen molar-refractivity contribution in [1.82, 2.24) is 5.32 Å². The van der Waals surface area contributed by atoms with Crippen molar-refractivity contribution in [1.29, 1.82) is 0 Å². The van der Waals surface area contributed by atoms with Gasteiger partial charge < -0.3 is 10.1 Å². The minimum atomic E-state index is -0.137. The fourth-order valence-corrected chi connectivity index (χ4v) is 0.892. The van der Waals surface area contributed by atoms with Crippen LogP contribution in [0.5, 0.6) is 0 Å². The lowest BCUT2D eigenvalue weighted by Crippen LogP contribution is -2.40. The molecule has 0 aliphatic rings. The van der Waals surface area contributed by atoms with Crippen molar-refractivity contribution in [2.24, 2.45) is 0 Å². The third-order valence-corrected chi connectivity index (χ3v) is 1.34. The molecule has 1 N–H and O–H groups in total. The Morgan fingerprint density at radius 1 is 1.31 bits per heavy atom. The largest absolute Gasteiger partial charge is 0.381 e. The molecule has 3 heteroatoms. The van der Waals surface area contributed by atoms with Gasteiger partial charge >= 0.3 is 0 Å². The van der Waals surface area contributed by atoms with Crippen LogP contribution in [0, 0.1) is 0 Å². The summed E-state index contributed by atoms with van der Waals surface area (Å²) in [6, 6.07) is 0. The first kappa shape index (κ1) is 12.4. The van der Waals surface area contributed by atoms with Crippen LogP contribution in [-0.2, 0) is 9.53 Å². The molecule has 78 valence electrons. The molecule has 0 rings (SSSR count). The molecule has 0 bridgehead atoms. The van der Waals surface area contributed by atoms with E-state index in [0.717, 1.165) is 13.0 Å². The van der Waals surface area contributed by atoms with Gasteiger partial charge in [-0.05, 0) is 27.2 Å². The molecular formula is C10H21NO2. The Kier molecular flexibility index (Phi) is 5.71. The zero-order chi connectivity index (χ0) is 10.3. The van der Waals surface area contributed by atoms with Crippen LogP contribution >= 0.6 is 0 Å². The highest BCUT2D eigenvalue weighted by atomic mass is 16.5. The van der Waals surface area contributed by atoms with E-state index in [9.17, 15) is 4.79 Å². The molecule has 0 unspecified atom stereocenters. The number of hydrogen-bond acceptors (Lipinski definition) is 2. The minimum absolute atomic E-state index is 0.0589. The Bertz CT molecular complexity index is 149. The lowest BCUT2D eigenvalue weighted by Gasteiger charge is -2.20. The number of ether oxygens (including phenoxy) is 1. The summed E-state index contributed by atoms with van der Waals surface area (Å²) in [4.78, 5) is 11.2. The van der Waals surface area contributed by atoms with Crippen LogP contribution in [0.4, 0.5) is 0 Å². The van der Waals surface area contributed by atoms with Gasteiger partial charge in [-0.25, -0.2) is 0 Å². The van der Waals surface area contributed by atoms with Crippen molar-refractivity contribution in [3.63, 3.8) is 0 Å². The maximum absolute atomic E-state index is 11.2. The molecule has 1 amide bonds. The van der Waals surface area contributed by atoms with E-state index in [2.05, 4.69) is 12.2 Å². The second-order valence-corrected chi connectivity index (χ2v) is 4.16. The van der Waals surface area contributed by atoms with Crippen LogP contribution in [0.3, 0.4) is 0 Å². The van der Waals surface area contributed by atoms with Crippen molar-refractivity contribution in [3.8, 4) is 0 Å². The third-order valence-electron chi connectivity index (χ3n) is 1.34. The van der Waals surface area contributed by atoms with Gasteiger partial charge in [-0.2, -0.15) is 0 Å². The van der Waals surface area contributed by atoms with E-state index in [1.165, 1.54) is 0 Å². The van der Waals surface area contributed by atoms with Gasteiger partial charge in [0.05, 0.1) is 6.61 Å². The average molecular weight is 187 g/mol. The molecule has 0 saturated heterocycles. The summed E-state index contributed by atoms with van der Waals surface area (Å²) in [6.45, 7) is 9.22. The number of rotatable bonds is 5. The summed E-state index contributed by atoms with van der Waals surface area (Å²) < 4.78 is 5.21. The van der Waals surface area contributed by atoms with Gasteiger partial charge in [0.1, 0.15) is 0 Å². The van der Waals surface area contributed by atoms with E-state index in [1.807, 2.05) is 20.8 Å². The second-order valence-electron chi connectivity index (χ2n) is 4.16. The fourth-order valence-electron chi connectivity index (χ4n) is 0.892. The number of nitrogens with one attached hydrogen (secondary N) is 1. The molecule has 0 atom stereocenters. The molecule has 0 aliphatic carbocycles. The molecule has 13 heavy (non-hydrogen) atoms. The minimum Gasteiger partial charge on any atom is -0.381 e. The van der Waals surface area contributed by atoms with Crippen LogP contribution in [0.15, 0.2) is 0 Å². The van der Waals surface area contributed by atoms with Gasteiger partial charge in [-0.1, -0.05) is 6.92 Å². The summed E-state index contributed by atoms with van der Waals surface area (Å²) in [6.07, 6.45) is 1.46. The van der Waals surface area contributed by atoms with Crippen molar-refractivity contribution < 1.29 is 9.53 Å². The monoisotopic (exact) mass is 187 g/mol. The first-order valence-corrected chi connectivity index (χ1v) is 4.84. The standard InChI is InChI=1S/C10H21NO2/c1-5-7-13-8-6-9(12)11-10(2,3)4/h5-8H2,1-4H3,(H,11,12). The van der Waals surface area contributed by atoms with Gasteiger partial charge in [0.2, 0.25) is 5.91 Å². The Morgan fingerprint density at radius 2 is 1.92 bits per heavy atom. The summed E-state index contributed by atoms with van der Waals surface area (Å²) in [7, 11) is 0. The Balaban J connectivity index is 3.41. The molecular weight excluding hydrogens is 166 g/mol. The van der Waals surface area contributed by atoms with Gasteiger partial charge in [0, 0.05) is 18.6 Å². The van der Waals surface area contributed by atoms with Crippen molar-refractivity contribution in [3.05, 3.63) is 0 Å². The summed E-state index contributed by atoms with van der Waals surface area (Å²) in [5.74, 6) is 0.0589. The lowest BCUT2D eigenvalue weighted by molar-refractivity contribution is -0.123. The number of carbonyl (C=O) groups is 1. The SMILES string of the molecule is CCCOCCC(=O)NC(C)(C)C. The summed E-state index contributed by atoms with van der Waals surface area (Å²) >= 11 is 0. The van der Waals surface area contributed by atoms with E-state index in [4.69, 9.17) is 4.74 Å². The van der Waals surface area contributed by atoms with Crippen molar-refractivity contribution >= 4 is 5.91 Å². The van der Waals surface area contributed by atoms with Gasteiger partial charge in [0.15, 0.2) is 0 Å². The number of carbonyl (C=O) groups excluding carboxylic acids is 1. The maximum Gasteiger partial charge on any atom is 0.222 e. The Hall–Kier alpha value is -0.570. The van der Waals surface area contributed by atoms with Crippen molar-refractivity contribution in [2.75, 3.05) is 13.2 Å². The van der Waals surface area contributed by atoms with Crippen LogP contribution in [-0.4, -0.2) is 24.7 Å². The molecule has 0 fully saturated rings. The van der Waals surface area contributed by atoms with E-state index in [-0.39, 0.29) is 11.4 Å². The lowest BCUT2D eigenvalue weighted by atomic mass is 10.1. The molecule has 3 nitrogen and oxygen atoms in total. The molecule has 0 aliphatic heterocycles. The molecule has 0 heterocycles. The molecule has 0 radical (unpaired) electrons. The first-order chi connectivity index (χ1) is 5.95. The molecule has 0 saturated carbocycles. The smallest absolute Gasteiger partial charge is 0.222 e. The summed E-state index contributed by atoms with van der Waals surface area (Å²) in [5, 5.41) is 2.88. The van der Waals surface area contributed by atoms with Crippen molar-refractivity contribution in [2.45, 2.75) is 46.1 Å². The maximum atomic E-state index is 11.2. The number of amides is 1. The van der Waals surface area contributed by atoms with E-state index >= 15 is 0 Å². The predicted molar refractivity (Wildman–Crippen MR) is 53.6 cm³/mol. The Labute approximate surface area is 80.8 Å². The van der Waals surface area contributed by atoms with Crippen LogP contribution in [0.25, 0.3) is 0 Å². The second kappa shape index (κ2) is 5.97. The zero-order valence-electron chi connectivity index (χ0n) is 9.14. The van der Waals surface area contributed by atoms with Crippen LogP contribution in [0.2, 0.25) is 0 Å². The normalized spacial score (nSPS) is 11.4. The highest BCUT2D eigenvalue weighted by Crippen LogP contribution is 1.99. The highest BCUT2D eigenvalue weighted by Gasteiger charge is 2.12. The fraction of sp³-hybridized carbons (Fsp3) is 0.900. The predicted octanol–water partition coefficient (Wildman–Crippen LogP) is 1.72. The van der Waals surface area contributed by atoms with Gasteiger partial charge in [0.25, 0.3) is 0 Å². The highest BCUT2D eigenvalue weighted by molar-refractivity contribution is 5.76. The van der Waals surface area contributed by atoms with Gasteiger partial charge in [-0.3, -0.25) is 4.79 Å². The zero-order valence-corrected chi connectivity index (χ0v) is 9.14. The number of hydrogen-bond donors (Lipinski definition) is 1. The molecule has 0 aromatic carbocycles. The van der Waals surface area contributed by atoms with Crippen LogP contribution in [0.1, 0.15) is 40.5 Å². The summed E-state index contributed by atoms with van der Waals surface area (Å²) in [5.41, 5.74) is -0.137. The average Bonchev–Trinajstić information content (AvgIpc) is 1.94. The Morgan fingerprint density at radius 3 is 2.38 bits per heavy atom. The molecule has 0 aromatic heterocycles. The van der Waals surface area contributed by atoms with E-state index < -0.39 is 0 Å². The topological polar surface area (TPSA) is 38.3 Å². The molecule has 0 spiro atoms.